The van der Waals surface area contributed by atoms with Gasteiger partial charge in [-0.05, 0) is 47.4 Å². The van der Waals surface area contributed by atoms with Gasteiger partial charge in [-0.3, -0.25) is 0 Å². The minimum absolute atomic E-state index is 0.233. The van der Waals surface area contributed by atoms with Crippen LogP contribution in [0.15, 0.2) is 59.9 Å². The molecule has 9 heteroatoms. The molecule has 6 nitrogen and oxygen atoms in total. The smallest absolute Gasteiger partial charge is 0.351 e. The van der Waals surface area contributed by atoms with Gasteiger partial charge in [0.1, 0.15) is 5.70 Å². The number of rotatable bonds is 7. The van der Waals surface area contributed by atoms with Crippen LogP contribution in [-0.4, -0.2) is 49.3 Å². The molecule has 0 amide bonds. The van der Waals surface area contributed by atoms with Crippen molar-refractivity contribution in [2.45, 2.75) is 52.4 Å². The second-order valence-electron chi connectivity index (χ2n) is 8.44. The van der Waals surface area contributed by atoms with E-state index in [4.69, 9.17) is 0 Å². The van der Waals surface area contributed by atoms with E-state index >= 15 is 0 Å². The van der Waals surface area contributed by atoms with Crippen LogP contribution in [0.4, 0.5) is 13.2 Å². The van der Waals surface area contributed by atoms with Crippen molar-refractivity contribution in [1.82, 2.24) is 30.4 Å². The second-order valence-corrected chi connectivity index (χ2v) is 8.44. The Kier molecular flexibility index (Phi) is 6.40. The molecule has 1 aliphatic heterocycles. The molecule has 1 aromatic heterocycles. The molecule has 0 unspecified atom stereocenters. The third-order valence-corrected chi connectivity index (χ3v) is 5.81. The first-order valence-electron chi connectivity index (χ1n) is 11.0. The summed E-state index contributed by atoms with van der Waals surface area (Å²) >= 11 is 0. The van der Waals surface area contributed by atoms with Crippen LogP contribution in [0, 0.1) is 0 Å². The number of hydrogen-bond acceptors (Lipinski definition) is 5. The van der Waals surface area contributed by atoms with Gasteiger partial charge in [0.15, 0.2) is 5.82 Å². The molecular formula is C24H27F3N6. The van der Waals surface area contributed by atoms with Crippen molar-refractivity contribution in [2.75, 3.05) is 6.67 Å². The first-order chi connectivity index (χ1) is 15.8. The van der Waals surface area contributed by atoms with Gasteiger partial charge in [-0.15, -0.1) is 5.10 Å². The summed E-state index contributed by atoms with van der Waals surface area (Å²) in [6.07, 6.45) is -3.31. The maximum absolute atomic E-state index is 13.9. The number of aromatic amines is 1. The van der Waals surface area contributed by atoms with Crippen molar-refractivity contribution in [3.05, 3.63) is 65.5 Å². The third kappa shape index (κ3) is 4.72. The van der Waals surface area contributed by atoms with Gasteiger partial charge in [0.05, 0.1) is 6.67 Å². The standard InChI is InChI=1S/C24H27F3N6/c1-4-7-21-22(24(25,26)27)33(16(2)3)15-32(21)14-17-10-12-18(13-11-17)19-8-5-6-9-20(19)23-28-30-31-29-23/h5-6,8-13,16H,4,7,14-15H2,1-3H3,(H,28,29,30,31). The van der Waals surface area contributed by atoms with Crippen LogP contribution in [0.25, 0.3) is 22.5 Å². The number of hydrogen-bond donors (Lipinski definition) is 1. The monoisotopic (exact) mass is 456 g/mol. The lowest BCUT2D eigenvalue weighted by atomic mass is 9.98. The van der Waals surface area contributed by atoms with E-state index in [0.29, 0.717) is 30.9 Å². The fraction of sp³-hybridized carbons (Fsp3) is 0.375. The molecule has 4 rings (SSSR count). The van der Waals surface area contributed by atoms with E-state index in [-0.39, 0.29) is 12.7 Å². The molecule has 3 aromatic rings. The molecule has 33 heavy (non-hydrogen) atoms. The van der Waals surface area contributed by atoms with Crippen molar-refractivity contribution in [1.29, 1.82) is 0 Å². The van der Waals surface area contributed by atoms with E-state index in [2.05, 4.69) is 20.6 Å². The van der Waals surface area contributed by atoms with Crippen LogP contribution >= 0.6 is 0 Å². The van der Waals surface area contributed by atoms with Gasteiger partial charge in [0, 0.05) is 23.8 Å². The molecule has 0 fully saturated rings. The Morgan fingerprint density at radius 1 is 1.03 bits per heavy atom. The van der Waals surface area contributed by atoms with Crippen molar-refractivity contribution >= 4 is 0 Å². The Balaban J connectivity index is 1.61. The van der Waals surface area contributed by atoms with Gasteiger partial charge in [0.2, 0.25) is 0 Å². The Morgan fingerprint density at radius 3 is 2.30 bits per heavy atom. The summed E-state index contributed by atoms with van der Waals surface area (Å²) in [5.74, 6) is 0.578. The zero-order chi connectivity index (χ0) is 23.6. The molecule has 0 radical (unpaired) electrons. The molecule has 1 aliphatic rings. The van der Waals surface area contributed by atoms with Gasteiger partial charge in [-0.25, -0.2) is 5.10 Å². The first kappa shape index (κ1) is 22.8. The Bertz CT molecular complexity index is 1100. The number of alkyl halides is 3. The minimum atomic E-state index is -4.37. The van der Waals surface area contributed by atoms with Crippen LogP contribution in [0.3, 0.4) is 0 Å². The average molecular weight is 457 g/mol. The van der Waals surface area contributed by atoms with Gasteiger partial charge < -0.3 is 9.80 Å². The summed E-state index contributed by atoms with van der Waals surface area (Å²) in [5.41, 5.74) is 3.68. The van der Waals surface area contributed by atoms with Crippen LogP contribution < -0.4 is 0 Å². The number of halogens is 3. The predicted octanol–water partition coefficient (Wildman–Crippen LogP) is 5.59. The molecule has 1 N–H and O–H groups in total. The zero-order valence-electron chi connectivity index (χ0n) is 18.9. The van der Waals surface area contributed by atoms with E-state index in [1.807, 2.05) is 60.4 Å². The third-order valence-electron chi connectivity index (χ3n) is 5.81. The summed E-state index contributed by atoms with van der Waals surface area (Å²) < 4.78 is 41.7. The molecule has 2 aromatic carbocycles. The zero-order valence-corrected chi connectivity index (χ0v) is 18.9. The lowest BCUT2D eigenvalue weighted by Gasteiger charge is -2.28. The molecular weight excluding hydrogens is 429 g/mol. The normalized spacial score (nSPS) is 14.6. The quantitative estimate of drug-likeness (QED) is 0.502. The summed E-state index contributed by atoms with van der Waals surface area (Å²) in [6.45, 7) is 6.18. The number of allylic oxidation sites excluding steroid dienone is 2. The van der Waals surface area contributed by atoms with E-state index in [9.17, 15) is 13.2 Å². The van der Waals surface area contributed by atoms with Crippen molar-refractivity contribution in [2.24, 2.45) is 0 Å². The molecule has 0 saturated heterocycles. The highest BCUT2D eigenvalue weighted by molar-refractivity contribution is 5.80. The molecule has 0 atom stereocenters. The highest BCUT2D eigenvalue weighted by Crippen LogP contribution is 2.40. The predicted molar refractivity (Wildman–Crippen MR) is 120 cm³/mol. The number of aromatic nitrogens is 4. The van der Waals surface area contributed by atoms with Crippen molar-refractivity contribution in [3.8, 4) is 22.5 Å². The molecule has 174 valence electrons. The number of benzene rings is 2. The van der Waals surface area contributed by atoms with Gasteiger partial charge >= 0.3 is 6.18 Å². The topological polar surface area (TPSA) is 60.9 Å². The number of nitrogens with zero attached hydrogens (tertiary/aromatic N) is 5. The van der Waals surface area contributed by atoms with E-state index in [1.54, 1.807) is 13.8 Å². The highest BCUT2D eigenvalue weighted by Gasteiger charge is 2.46. The molecule has 0 saturated carbocycles. The fourth-order valence-electron chi connectivity index (χ4n) is 4.29. The van der Waals surface area contributed by atoms with Crippen molar-refractivity contribution in [3.63, 3.8) is 0 Å². The summed E-state index contributed by atoms with van der Waals surface area (Å²) in [7, 11) is 0. The first-order valence-corrected chi connectivity index (χ1v) is 11.0. The Hall–Kier alpha value is -3.36. The largest absolute Gasteiger partial charge is 0.432 e. The number of nitrogens with one attached hydrogen (secondary N) is 1. The van der Waals surface area contributed by atoms with Gasteiger partial charge in [0.25, 0.3) is 0 Å². The van der Waals surface area contributed by atoms with Crippen LogP contribution in [-0.2, 0) is 6.54 Å². The number of tetrazole rings is 1. The van der Waals surface area contributed by atoms with E-state index < -0.39 is 11.9 Å². The van der Waals surface area contributed by atoms with E-state index in [1.165, 1.54) is 4.90 Å². The minimum Gasteiger partial charge on any atom is -0.351 e. The Morgan fingerprint density at radius 2 is 1.73 bits per heavy atom. The fourth-order valence-corrected chi connectivity index (χ4v) is 4.29. The van der Waals surface area contributed by atoms with Crippen LogP contribution in [0.5, 0.6) is 0 Å². The highest BCUT2D eigenvalue weighted by atomic mass is 19.4. The average Bonchev–Trinajstić information content (AvgIpc) is 3.43. The summed E-state index contributed by atoms with van der Waals surface area (Å²) in [6, 6.07) is 15.5. The molecule has 2 heterocycles. The lowest BCUT2D eigenvalue weighted by molar-refractivity contribution is -0.112. The van der Waals surface area contributed by atoms with Crippen molar-refractivity contribution < 1.29 is 13.2 Å². The Labute approximate surface area is 191 Å². The summed E-state index contributed by atoms with van der Waals surface area (Å²) in [5, 5.41) is 14.1. The van der Waals surface area contributed by atoms with Crippen LogP contribution in [0.2, 0.25) is 0 Å². The second kappa shape index (κ2) is 9.25. The molecule has 0 aliphatic carbocycles. The van der Waals surface area contributed by atoms with Gasteiger partial charge in [-0.2, -0.15) is 13.2 Å². The SMILES string of the molecule is CCCC1=C(C(F)(F)F)N(C(C)C)CN1Cc1ccc(-c2ccccc2-c2nnn[nH]2)cc1. The maximum atomic E-state index is 13.9. The molecule has 0 bridgehead atoms. The molecule has 0 spiro atoms. The van der Waals surface area contributed by atoms with Crippen LogP contribution in [0.1, 0.15) is 39.2 Å². The summed E-state index contributed by atoms with van der Waals surface area (Å²) in [4.78, 5) is 3.32. The maximum Gasteiger partial charge on any atom is 0.432 e. The lowest BCUT2D eigenvalue weighted by Crippen LogP contribution is -2.36. The van der Waals surface area contributed by atoms with E-state index in [0.717, 1.165) is 22.3 Å². The van der Waals surface area contributed by atoms with Gasteiger partial charge in [-0.1, -0.05) is 61.9 Å². The number of H-pyrrole nitrogens is 1.